The standard InChI is InChI=1S/C26H47N5O3/c1-4-5-6-7-13-16-19-27-22(32)18-15-12-10-8-9-11-14-17-20-31-25(33)23-24(28-21-29(23)2)30(3)26(31)34/h21-22,27,32H,4-20H2,1-3H3. The minimum absolute atomic E-state index is 0.248. The van der Waals surface area contributed by atoms with Gasteiger partial charge in [-0.25, -0.2) is 9.78 Å². The van der Waals surface area contributed by atoms with Crippen LogP contribution in [0.25, 0.3) is 11.2 Å². The van der Waals surface area contributed by atoms with E-state index in [-0.39, 0.29) is 17.5 Å². The van der Waals surface area contributed by atoms with Crippen molar-refractivity contribution < 1.29 is 5.11 Å². The molecule has 194 valence electrons. The first kappa shape index (κ1) is 28.3. The maximum absolute atomic E-state index is 12.7. The van der Waals surface area contributed by atoms with Crippen LogP contribution >= 0.6 is 0 Å². The summed E-state index contributed by atoms with van der Waals surface area (Å²) in [5, 5.41) is 13.3. The monoisotopic (exact) mass is 477 g/mol. The van der Waals surface area contributed by atoms with Gasteiger partial charge in [-0.15, -0.1) is 0 Å². The van der Waals surface area contributed by atoms with Gasteiger partial charge in [0.15, 0.2) is 11.2 Å². The Morgan fingerprint density at radius 3 is 2.15 bits per heavy atom. The van der Waals surface area contributed by atoms with Crippen molar-refractivity contribution in [3.05, 3.63) is 27.2 Å². The second kappa shape index (κ2) is 15.9. The van der Waals surface area contributed by atoms with E-state index in [1.165, 1.54) is 60.5 Å². The smallest absolute Gasteiger partial charge is 0.332 e. The molecule has 2 rings (SSSR count). The average Bonchev–Trinajstić information content (AvgIpc) is 3.21. The van der Waals surface area contributed by atoms with Crippen LogP contribution < -0.4 is 16.6 Å². The third-order valence-corrected chi connectivity index (χ3v) is 6.72. The molecule has 1 unspecified atom stereocenters. The van der Waals surface area contributed by atoms with Crippen LogP contribution in [0.2, 0.25) is 0 Å². The minimum atomic E-state index is -0.364. The van der Waals surface area contributed by atoms with Crippen LogP contribution in [0.15, 0.2) is 15.9 Å². The van der Waals surface area contributed by atoms with Gasteiger partial charge in [0, 0.05) is 20.6 Å². The summed E-state index contributed by atoms with van der Waals surface area (Å²) in [6, 6.07) is 0. The minimum Gasteiger partial charge on any atom is -0.379 e. The summed E-state index contributed by atoms with van der Waals surface area (Å²) in [6.45, 7) is 3.61. The number of imidazole rings is 1. The number of nitrogens with one attached hydrogen (secondary N) is 1. The molecule has 0 saturated carbocycles. The summed E-state index contributed by atoms with van der Waals surface area (Å²) >= 11 is 0. The molecule has 2 aromatic rings. The molecule has 0 saturated heterocycles. The number of hydrogen-bond acceptors (Lipinski definition) is 5. The molecule has 0 aliphatic carbocycles. The van der Waals surface area contributed by atoms with Crippen LogP contribution in [0, 0.1) is 0 Å². The van der Waals surface area contributed by atoms with Crippen molar-refractivity contribution in [2.75, 3.05) is 6.54 Å². The van der Waals surface area contributed by atoms with E-state index in [1.54, 1.807) is 25.0 Å². The number of aliphatic hydroxyl groups excluding tert-OH is 1. The van der Waals surface area contributed by atoms with Crippen LogP contribution in [0.4, 0.5) is 0 Å². The predicted molar refractivity (Wildman–Crippen MR) is 139 cm³/mol. The number of unbranched alkanes of at least 4 members (excludes halogenated alkanes) is 12. The van der Waals surface area contributed by atoms with Gasteiger partial charge in [0.1, 0.15) is 6.23 Å². The molecule has 8 heteroatoms. The number of nitrogens with zero attached hydrogens (tertiary/aromatic N) is 4. The highest BCUT2D eigenvalue weighted by Crippen LogP contribution is 2.11. The molecule has 2 N–H and O–H groups in total. The molecular formula is C26H47N5O3. The molecule has 0 spiro atoms. The van der Waals surface area contributed by atoms with E-state index in [0.717, 1.165) is 51.5 Å². The Hall–Kier alpha value is -1.93. The van der Waals surface area contributed by atoms with Gasteiger partial charge in [-0.3, -0.25) is 19.2 Å². The summed E-state index contributed by atoms with van der Waals surface area (Å²) in [5.74, 6) is 0. The number of aromatic nitrogens is 4. The molecule has 34 heavy (non-hydrogen) atoms. The Kier molecular flexibility index (Phi) is 13.2. The van der Waals surface area contributed by atoms with Crippen molar-refractivity contribution in [2.24, 2.45) is 14.1 Å². The lowest BCUT2D eigenvalue weighted by Gasteiger charge is -2.12. The topological polar surface area (TPSA) is 94.1 Å². The van der Waals surface area contributed by atoms with E-state index in [0.29, 0.717) is 17.7 Å². The van der Waals surface area contributed by atoms with Crippen molar-refractivity contribution in [1.82, 2.24) is 24.0 Å². The average molecular weight is 478 g/mol. The fourth-order valence-electron chi connectivity index (χ4n) is 4.54. The van der Waals surface area contributed by atoms with Gasteiger partial charge in [0.05, 0.1) is 6.33 Å². The van der Waals surface area contributed by atoms with Gasteiger partial charge in [-0.05, 0) is 32.2 Å². The first-order valence-electron chi connectivity index (χ1n) is 13.5. The third kappa shape index (κ3) is 9.02. The molecule has 8 nitrogen and oxygen atoms in total. The maximum Gasteiger partial charge on any atom is 0.332 e. The SMILES string of the molecule is CCCCCCCCNC(O)CCCCCCCCCCn1c(=O)c2c(ncn2C)n(C)c1=O. The van der Waals surface area contributed by atoms with E-state index >= 15 is 0 Å². The van der Waals surface area contributed by atoms with Crippen molar-refractivity contribution in [3.8, 4) is 0 Å². The highest BCUT2D eigenvalue weighted by atomic mass is 16.3. The lowest BCUT2D eigenvalue weighted by Crippen LogP contribution is -2.39. The zero-order valence-electron chi connectivity index (χ0n) is 21.7. The fraction of sp³-hybridized carbons (Fsp3) is 0.808. The Balaban J connectivity index is 1.49. The van der Waals surface area contributed by atoms with Crippen LogP contribution in [0.3, 0.4) is 0 Å². The number of fused-ring (bicyclic) bond motifs is 1. The zero-order valence-corrected chi connectivity index (χ0v) is 21.7. The summed E-state index contributed by atoms with van der Waals surface area (Å²) in [7, 11) is 3.44. The number of rotatable bonds is 19. The van der Waals surface area contributed by atoms with Gasteiger partial charge in [-0.2, -0.15) is 0 Å². The van der Waals surface area contributed by atoms with E-state index in [4.69, 9.17) is 0 Å². The predicted octanol–water partition coefficient (Wildman–Crippen LogP) is 4.21. The van der Waals surface area contributed by atoms with Gasteiger partial charge in [0.25, 0.3) is 5.56 Å². The number of hydrogen-bond donors (Lipinski definition) is 2. The molecule has 0 amide bonds. The van der Waals surface area contributed by atoms with Crippen molar-refractivity contribution in [2.45, 2.75) is 116 Å². The highest BCUT2D eigenvalue weighted by molar-refractivity contribution is 5.69. The highest BCUT2D eigenvalue weighted by Gasteiger charge is 2.14. The molecule has 0 radical (unpaired) electrons. The maximum atomic E-state index is 12.7. The van der Waals surface area contributed by atoms with Crippen molar-refractivity contribution in [3.63, 3.8) is 0 Å². The van der Waals surface area contributed by atoms with E-state index in [1.807, 2.05) is 0 Å². The van der Waals surface area contributed by atoms with E-state index in [9.17, 15) is 14.7 Å². The molecular weight excluding hydrogens is 430 g/mol. The normalized spacial score (nSPS) is 12.6. The lowest BCUT2D eigenvalue weighted by atomic mass is 10.1. The van der Waals surface area contributed by atoms with Crippen LogP contribution in [0.5, 0.6) is 0 Å². The van der Waals surface area contributed by atoms with Gasteiger partial charge in [-0.1, -0.05) is 77.6 Å². The number of aliphatic hydroxyl groups is 1. The van der Waals surface area contributed by atoms with Crippen molar-refractivity contribution >= 4 is 11.2 Å². The fourth-order valence-corrected chi connectivity index (χ4v) is 4.54. The van der Waals surface area contributed by atoms with E-state index < -0.39 is 0 Å². The van der Waals surface area contributed by atoms with Crippen LogP contribution in [-0.4, -0.2) is 36.6 Å². The second-order valence-corrected chi connectivity index (χ2v) is 9.68. The van der Waals surface area contributed by atoms with Gasteiger partial charge >= 0.3 is 5.69 Å². The quantitative estimate of drug-likeness (QED) is 0.233. The summed E-state index contributed by atoms with van der Waals surface area (Å²) in [6.07, 6.45) is 18.5. The first-order valence-corrected chi connectivity index (χ1v) is 13.5. The lowest BCUT2D eigenvalue weighted by molar-refractivity contribution is 0.124. The first-order chi connectivity index (χ1) is 16.5. The Labute approximate surface area is 204 Å². The number of aryl methyl sites for hydroxylation is 2. The largest absolute Gasteiger partial charge is 0.379 e. The molecule has 1 atom stereocenters. The zero-order chi connectivity index (χ0) is 24.8. The van der Waals surface area contributed by atoms with Crippen LogP contribution in [-0.2, 0) is 20.6 Å². The van der Waals surface area contributed by atoms with Gasteiger partial charge in [0.2, 0.25) is 0 Å². The molecule has 0 aliphatic heterocycles. The molecule has 0 fully saturated rings. The second-order valence-electron chi connectivity index (χ2n) is 9.68. The molecule has 0 bridgehead atoms. The van der Waals surface area contributed by atoms with Gasteiger partial charge < -0.3 is 9.67 Å². The molecule has 2 heterocycles. The van der Waals surface area contributed by atoms with E-state index in [2.05, 4.69) is 17.2 Å². The summed E-state index contributed by atoms with van der Waals surface area (Å²) in [4.78, 5) is 29.4. The Bertz CT molecular complexity index is 946. The Morgan fingerprint density at radius 1 is 0.882 bits per heavy atom. The molecule has 0 aliphatic rings. The molecule has 0 aromatic carbocycles. The summed E-state index contributed by atoms with van der Waals surface area (Å²) < 4.78 is 4.48. The van der Waals surface area contributed by atoms with Crippen LogP contribution in [0.1, 0.15) is 103 Å². The third-order valence-electron chi connectivity index (χ3n) is 6.72. The molecule has 2 aromatic heterocycles. The van der Waals surface area contributed by atoms with Crippen molar-refractivity contribution in [1.29, 1.82) is 0 Å². The Morgan fingerprint density at radius 2 is 1.47 bits per heavy atom. The summed E-state index contributed by atoms with van der Waals surface area (Å²) in [5.41, 5.74) is 0.376.